The molecular weight excluding hydrogens is 477 g/mol. The molecule has 1 aromatic carbocycles. The highest BCUT2D eigenvalue weighted by molar-refractivity contribution is 6.30. The number of pyridine rings is 1. The number of fused-ring (bicyclic) bond motifs is 3. The molecule has 10 heteroatoms. The molecule has 35 heavy (non-hydrogen) atoms. The molecule has 0 spiro atoms. The summed E-state index contributed by atoms with van der Waals surface area (Å²) in [5, 5.41) is 16.8. The van der Waals surface area contributed by atoms with E-state index in [0.29, 0.717) is 37.9 Å². The van der Waals surface area contributed by atoms with Crippen molar-refractivity contribution in [2.45, 2.75) is 63.1 Å². The van der Waals surface area contributed by atoms with Crippen LogP contribution in [0.1, 0.15) is 43.5 Å². The molecule has 2 aromatic rings. The van der Waals surface area contributed by atoms with Crippen LogP contribution in [0.15, 0.2) is 30.3 Å². The van der Waals surface area contributed by atoms with E-state index in [-0.39, 0.29) is 35.8 Å². The van der Waals surface area contributed by atoms with Gasteiger partial charge in [0.1, 0.15) is 17.3 Å². The first kappa shape index (κ1) is 25.2. The van der Waals surface area contributed by atoms with Gasteiger partial charge in [0.25, 0.3) is 11.8 Å². The average molecular weight is 506 g/mol. The van der Waals surface area contributed by atoms with E-state index in [2.05, 4.69) is 15.6 Å². The second-order valence-electron chi connectivity index (χ2n) is 9.49. The van der Waals surface area contributed by atoms with Gasteiger partial charge in [-0.2, -0.15) is 0 Å². The maximum absolute atomic E-state index is 13.6. The average Bonchev–Trinajstić information content (AvgIpc) is 2.79. The Kier molecular flexibility index (Phi) is 7.19. The van der Waals surface area contributed by atoms with E-state index in [4.69, 9.17) is 21.1 Å². The molecule has 5 rings (SSSR count). The molecule has 0 unspecified atom stereocenters. The van der Waals surface area contributed by atoms with Gasteiger partial charge >= 0.3 is 0 Å². The Bertz CT molecular complexity index is 1100. The van der Waals surface area contributed by atoms with E-state index in [0.717, 1.165) is 17.5 Å². The highest BCUT2D eigenvalue weighted by Crippen LogP contribution is 2.47. The summed E-state index contributed by atoms with van der Waals surface area (Å²) in [6, 6.07) is 7.49. The molecule has 0 aliphatic heterocycles. The number of carbonyl (C=O) groups excluding carboxylic acids is 2. The first-order valence-corrected chi connectivity index (χ1v) is 11.9. The van der Waals surface area contributed by atoms with Crippen molar-refractivity contribution in [3.63, 3.8) is 0 Å². The van der Waals surface area contributed by atoms with Gasteiger partial charge in [0.2, 0.25) is 0 Å². The number of rotatable bonds is 8. The van der Waals surface area contributed by atoms with Crippen molar-refractivity contribution in [1.29, 1.82) is 0 Å². The van der Waals surface area contributed by atoms with E-state index >= 15 is 0 Å². The minimum absolute atomic E-state index is 0.0243. The highest BCUT2D eigenvalue weighted by Gasteiger charge is 2.55. The van der Waals surface area contributed by atoms with Crippen molar-refractivity contribution < 1.29 is 28.6 Å². The van der Waals surface area contributed by atoms with Gasteiger partial charge in [-0.1, -0.05) is 11.6 Å². The monoisotopic (exact) mass is 505 g/mol. The lowest BCUT2D eigenvalue weighted by Crippen LogP contribution is -2.70. The molecule has 1 aromatic heterocycles. The number of carbonyl (C=O) groups is 2. The lowest BCUT2D eigenvalue weighted by atomic mass is 9.60. The number of aryl methyl sites for hydroxylation is 2. The van der Waals surface area contributed by atoms with Crippen LogP contribution >= 0.6 is 11.6 Å². The molecule has 3 aliphatic carbocycles. The highest BCUT2D eigenvalue weighted by atomic mass is 35.5. The number of benzene rings is 1. The predicted molar refractivity (Wildman–Crippen MR) is 127 cm³/mol. The minimum Gasteiger partial charge on any atom is -0.484 e. The molecule has 2 bridgehead atoms. The molecular formula is C25H29ClFN3O5. The van der Waals surface area contributed by atoms with E-state index in [1.807, 2.05) is 13.8 Å². The van der Waals surface area contributed by atoms with Crippen LogP contribution in [-0.2, 0) is 9.59 Å². The summed E-state index contributed by atoms with van der Waals surface area (Å²) < 4.78 is 24.6. The Morgan fingerprint density at radius 1 is 1.03 bits per heavy atom. The minimum atomic E-state index is -0.814. The molecule has 1 atom stereocenters. The maximum Gasteiger partial charge on any atom is 0.258 e. The largest absolute Gasteiger partial charge is 0.484 e. The molecule has 3 aliphatic rings. The fourth-order valence-electron chi connectivity index (χ4n) is 5.05. The number of aliphatic hydroxyl groups excluding tert-OH is 1. The lowest BCUT2D eigenvalue weighted by Gasteiger charge is -2.56. The van der Waals surface area contributed by atoms with E-state index in [1.165, 1.54) is 12.1 Å². The molecule has 188 valence electrons. The third-order valence-electron chi connectivity index (χ3n) is 6.80. The number of aromatic nitrogens is 1. The van der Waals surface area contributed by atoms with Crippen molar-refractivity contribution >= 4 is 23.4 Å². The second-order valence-corrected chi connectivity index (χ2v) is 9.90. The number of amides is 2. The topological polar surface area (TPSA) is 110 Å². The second kappa shape index (κ2) is 9.99. The van der Waals surface area contributed by atoms with Crippen LogP contribution in [0.5, 0.6) is 11.5 Å². The Balaban J connectivity index is 1.28. The molecule has 8 nitrogen and oxygen atoms in total. The summed E-state index contributed by atoms with van der Waals surface area (Å²) in [5.41, 5.74) is 0.297. The first-order valence-electron chi connectivity index (χ1n) is 11.5. The number of aliphatic hydroxyl groups is 1. The molecule has 1 heterocycles. The van der Waals surface area contributed by atoms with Crippen LogP contribution in [0.25, 0.3) is 0 Å². The fraction of sp³-hybridized carbons (Fsp3) is 0.480. The van der Waals surface area contributed by atoms with Gasteiger partial charge < -0.3 is 25.2 Å². The molecule has 3 fully saturated rings. The van der Waals surface area contributed by atoms with Crippen LogP contribution in [0, 0.1) is 19.7 Å². The van der Waals surface area contributed by atoms with Crippen molar-refractivity contribution in [1.82, 2.24) is 15.6 Å². The maximum atomic E-state index is 13.6. The number of halogens is 2. The summed E-state index contributed by atoms with van der Waals surface area (Å²) >= 11 is 5.66. The molecule has 3 saturated carbocycles. The molecule has 3 N–H and O–H groups in total. The smallest absolute Gasteiger partial charge is 0.258 e. The van der Waals surface area contributed by atoms with Crippen molar-refractivity contribution in [2.24, 2.45) is 0 Å². The van der Waals surface area contributed by atoms with Gasteiger partial charge in [0.15, 0.2) is 13.2 Å². The van der Waals surface area contributed by atoms with Gasteiger partial charge in [-0.05, 0) is 58.1 Å². The third kappa shape index (κ3) is 5.85. The Morgan fingerprint density at radius 3 is 2.23 bits per heavy atom. The van der Waals surface area contributed by atoms with Crippen LogP contribution < -0.4 is 20.1 Å². The van der Waals surface area contributed by atoms with Gasteiger partial charge in [0, 0.05) is 35.1 Å². The number of hydrogen-bond acceptors (Lipinski definition) is 6. The van der Waals surface area contributed by atoms with E-state index in [1.54, 1.807) is 12.1 Å². The standard InChI is InChI=1S/C25H29ClFN3O5/c1-15-9-18(10-16(2)28-15)35-14-23(33)30-25-7-5-24(6-8-25,12-21(25)31)29-22(32)13-34-17-3-4-19(26)20(27)11-17/h3-4,9-11,21,31H,5-8,12-14H2,1-2H3,(H,29,32)(H,30,33)/t21-,24?,25?/m0/s1. The summed E-state index contributed by atoms with van der Waals surface area (Å²) in [6.07, 6.45) is 1.77. The van der Waals surface area contributed by atoms with Crippen LogP contribution in [0.2, 0.25) is 5.02 Å². The van der Waals surface area contributed by atoms with Crippen LogP contribution in [0.3, 0.4) is 0 Å². The number of hydrogen-bond donors (Lipinski definition) is 3. The Labute approximate surface area is 208 Å². The SMILES string of the molecule is Cc1cc(OCC(=O)NC23CCC(NC(=O)COc4ccc(Cl)c(F)c4)(CC2)C[C@@H]3O)cc(C)n1. The van der Waals surface area contributed by atoms with Crippen LogP contribution in [-0.4, -0.2) is 52.3 Å². The zero-order chi connectivity index (χ0) is 25.2. The van der Waals surface area contributed by atoms with Gasteiger partial charge in [-0.25, -0.2) is 4.39 Å². The predicted octanol–water partition coefficient (Wildman–Crippen LogP) is 3.00. The quantitative estimate of drug-likeness (QED) is 0.509. The zero-order valence-electron chi connectivity index (χ0n) is 19.7. The summed E-state index contributed by atoms with van der Waals surface area (Å²) in [5.74, 6) is -0.519. The number of nitrogens with one attached hydrogen (secondary N) is 2. The lowest BCUT2D eigenvalue weighted by molar-refractivity contribution is -0.137. The fourth-order valence-corrected chi connectivity index (χ4v) is 5.17. The van der Waals surface area contributed by atoms with Crippen molar-refractivity contribution in [3.05, 3.63) is 52.6 Å². The molecule has 2 amide bonds. The van der Waals surface area contributed by atoms with Gasteiger partial charge in [-0.3, -0.25) is 14.6 Å². The normalized spacial score (nSPS) is 25.1. The summed E-state index contributed by atoms with van der Waals surface area (Å²) in [7, 11) is 0. The number of nitrogens with zero attached hydrogens (tertiary/aromatic N) is 1. The van der Waals surface area contributed by atoms with E-state index in [9.17, 15) is 19.1 Å². The van der Waals surface area contributed by atoms with E-state index < -0.39 is 23.0 Å². The Morgan fingerprint density at radius 2 is 1.63 bits per heavy atom. The van der Waals surface area contributed by atoms with Crippen molar-refractivity contribution in [2.75, 3.05) is 13.2 Å². The Hall–Kier alpha value is -2.91. The van der Waals surface area contributed by atoms with Gasteiger partial charge in [0.05, 0.1) is 16.7 Å². The van der Waals surface area contributed by atoms with Crippen molar-refractivity contribution in [3.8, 4) is 11.5 Å². The zero-order valence-corrected chi connectivity index (χ0v) is 20.5. The third-order valence-corrected chi connectivity index (χ3v) is 7.11. The summed E-state index contributed by atoms with van der Waals surface area (Å²) in [4.78, 5) is 29.4. The summed E-state index contributed by atoms with van der Waals surface area (Å²) in [6.45, 7) is 3.26. The van der Waals surface area contributed by atoms with Crippen LogP contribution in [0.4, 0.5) is 4.39 Å². The molecule has 0 saturated heterocycles. The first-order chi connectivity index (χ1) is 16.6. The number of ether oxygens (including phenoxy) is 2. The van der Waals surface area contributed by atoms with Gasteiger partial charge in [-0.15, -0.1) is 0 Å². The molecule has 0 radical (unpaired) electrons.